The molecule has 0 aromatic heterocycles. The van der Waals surface area contributed by atoms with Gasteiger partial charge in [0.1, 0.15) is 5.75 Å². The fourth-order valence-electron chi connectivity index (χ4n) is 2.84. The summed E-state index contributed by atoms with van der Waals surface area (Å²) in [7, 11) is 0. The molecule has 1 atom stereocenters. The first-order valence-corrected chi connectivity index (χ1v) is 7.84. The summed E-state index contributed by atoms with van der Waals surface area (Å²) in [5.74, 6) is -0.171. The molecule has 24 heavy (non-hydrogen) atoms. The van der Waals surface area contributed by atoms with E-state index in [1.54, 1.807) is 12.1 Å². The Kier molecular flexibility index (Phi) is 8.26. The molecule has 0 saturated carbocycles. The van der Waals surface area contributed by atoms with Crippen LogP contribution in [-0.4, -0.2) is 43.6 Å². The lowest BCUT2D eigenvalue weighted by atomic mass is 9.99. The topological polar surface area (TPSA) is 24.5 Å². The third-order valence-corrected chi connectivity index (χ3v) is 3.93. The van der Waals surface area contributed by atoms with Gasteiger partial charge in [-0.3, -0.25) is 4.90 Å². The Hall–Kier alpha value is -1.05. The fraction of sp³-hybridized carbons (Fsp3) is 0.625. The molecule has 0 bridgehead atoms. The van der Waals surface area contributed by atoms with Crippen molar-refractivity contribution in [3.05, 3.63) is 29.8 Å². The normalized spacial score (nSPS) is 17.4. The number of benzene rings is 1. The maximum atomic E-state index is 13.3. The molecule has 0 unspecified atom stereocenters. The zero-order valence-corrected chi connectivity index (χ0v) is 14.3. The molecule has 1 aliphatic heterocycles. The number of nitrogens with one attached hydrogen (secondary N) is 1. The molecule has 0 radical (unpaired) electrons. The van der Waals surface area contributed by atoms with E-state index < -0.39 is 12.5 Å². The first-order valence-electron chi connectivity index (χ1n) is 7.84. The first-order chi connectivity index (χ1) is 11.0. The average molecular weight is 371 g/mol. The maximum Gasteiger partial charge on any atom is 0.461 e. The summed E-state index contributed by atoms with van der Waals surface area (Å²) in [4.78, 5) is 2.18. The van der Waals surface area contributed by atoms with Gasteiger partial charge in [-0.2, -0.15) is 17.6 Å². The van der Waals surface area contributed by atoms with Crippen LogP contribution in [0, 0.1) is 0 Å². The molecule has 1 aromatic carbocycles. The molecule has 1 heterocycles. The minimum atomic E-state index is -4.49. The molecule has 1 N–H and O–H groups in total. The monoisotopic (exact) mass is 370 g/mol. The van der Waals surface area contributed by atoms with E-state index in [2.05, 4.69) is 15.0 Å². The van der Waals surface area contributed by atoms with Gasteiger partial charge in [0.25, 0.3) is 0 Å². The minimum Gasteiger partial charge on any atom is -0.428 e. The number of halogens is 5. The van der Waals surface area contributed by atoms with Gasteiger partial charge in [-0.15, -0.1) is 12.4 Å². The van der Waals surface area contributed by atoms with Crippen molar-refractivity contribution >= 4 is 12.4 Å². The quantitative estimate of drug-likeness (QED) is 0.732. The second-order valence-electron chi connectivity index (χ2n) is 5.59. The van der Waals surface area contributed by atoms with Crippen LogP contribution in [0.3, 0.4) is 0 Å². The lowest BCUT2D eigenvalue weighted by Gasteiger charge is -2.36. The molecular formula is C16H23ClF4N2O. The van der Waals surface area contributed by atoms with Gasteiger partial charge in [-0.05, 0) is 12.5 Å². The summed E-state index contributed by atoms with van der Waals surface area (Å²) in [6.07, 6.45) is -6.75. The number of piperazine rings is 1. The Bertz CT molecular complexity index is 499. The molecular weight excluding hydrogens is 348 g/mol. The van der Waals surface area contributed by atoms with Crippen molar-refractivity contribution in [2.24, 2.45) is 0 Å². The van der Waals surface area contributed by atoms with Crippen molar-refractivity contribution in [2.45, 2.75) is 38.3 Å². The van der Waals surface area contributed by atoms with Gasteiger partial charge in [0, 0.05) is 37.8 Å². The lowest BCUT2D eigenvalue weighted by molar-refractivity contribution is -0.253. The highest BCUT2D eigenvalue weighted by Gasteiger charge is 2.44. The molecule has 8 heteroatoms. The molecule has 0 amide bonds. The molecule has 0 spiro atoms. The van der Waals surface area contributed by atoms with Gasteiger partial charge in [0.15, 0.2) is 0 Å². The van der Waals surface area contributed by atoms with Crippen molar-refractivity contribution in [1.29, 1.82) is 0 Å². The molecule has 0 aliphatic carbocycles. The van der Waals surface area contributed by atoms with Crippen LogP contribution in [0.25, 0.3) is 0 Å². The number of nitrogens with zero attached hydrogens (tertiary/aromatic N) is 1. The van der Waals surface area contributed by atoms with Crippen molar-refractivity contribution in [3.8, 4) is 5.75 Å². The molecule has 1 aromatic rings. The Balaban J connectivity index is 0.00000288. The van der Waals surface area contributed by atoms with E-state index in [1.807, 2.05) is 6.92 Å². The summed E-state index contributed by atoms with van der Waals surface area (Å²) in [6.45, 7) is 5.20. The van der Waals surface area contributed by atoms with E-state index in [4.69, 9.17) is 0 Å². The smallest absolute Gasteiger partial charge is 0.428 e. The van der Waals surface area contributed by atoms with Gasteiger partial charge in [0.05, 0.1) is 0 Å². The van der Waals surface area contributed by atoms with Crippen molar-refractivity contribution < 1.29 is 22.3 Å². The number of hydrogen-bond acceptors (Lipinski definition) is 3. The predicted octanol–water partition coefficient (Wildman–Crippen LogP) is 4.09. The summed E-state index contributed by atoms with van der Waals surface area (Å²) in [6, 6.07) is 6.12. The van der Waals surface area contributed by atoms with E-state index in [-0.39, 0.29) is 24.2 Å². The van der Waals surface area contributed by atoms with Gasteiger partial charge in [0.2, 0.25) is 0 Å². The van der Waals surface area contributed by atoms with Crippen molar-refractivity contribution in [1.82, 2.24) is 10.2 Å². The van der Waals surface area contributed by atoms with Gasteiger partial charge in [-0.1, -0.05) is 31.5 Å². The van der Waals surface area contributed by atoms with Crippen LogP contribution in [0.2, 0.25) is 0 Å². The lowest BCUT2D eigenvalue weighted by Crippen LogP contribution is -2.45. The zero-order chi connectivity index (χ0) is 16.9. The summed E-state index contributed by atoms with van der Waals surface area (Å²) in [5, 5.41) is 3.24. The minimum absolute atomic E-state index is 0. The largest absolute Gasteiger partial charge is 0.461 e. The zero-order valence-electron chi connectivity index (χ0n) is 13.5. The Morgan fingerprint density at radius 2 is 1.83 bits per heavy atom. The van der Waals surface area contributed by atoms with Gasteiger partial charge >= 0.3 is 12.5 Å². The summed E-state index contributed by atoms with van der Waals surface area (Å²) >= 11 is 0. The van der Waals surface area contributed by atoms with Crippen LogP contribution < -0.4 is 10.1 Å². The standard InChI is InChI=1S/C16H22F4N2O.ClH/c1-2-5-13(22-10-8-21-9-11-22)12-6-3-4-7-14(12)23-16(19,20)15(17)18;/h3-4,6-7,13,15,21H,2,5,8-11H2,1H3;1H/t13-;/m0./s1. The van der Waals surface area contributed by atoms with Crippen LogP contribution >= 0.6 is 12.4 Å². The van der Waals surface area contributed by atoms with E-state index in [0.29, 0.717) is 5.56 Å². The van der Waals surface area contributed by atoms with Crippen molar-refractivity contribution in [2.75, 3.05) is 26.2 Å². The van der Waals surface area contributed by atoms with Crippen LogP contribution in [0.1, 0.15) is 31.4 Å². The maximum absolute atomic E-state index is 13.3. The highest BCUT2D eigenvalue weighted by Crippen LogP contribution is 2.36. The van der Waals surface area contributed by atoms with Crippen molar-refractivity contribution in [3.63, 3.8) is 0 Å². The molecule has 138 valence electrons. The Morgan fingerprint density at radius 1 is 1.21 bits per heavy atom. The van der Waals surface area contributed by atoms with E-state index in [1.165, 1.54) is 12.1 Å². The number of hydrogen-bond donors (Lipinski definition) is 1. The van der Waals surface area contributed by atoms with E-state index >= 15 is 0 Å². The third kappa shape index (κ3) is 5.22. The predicted molar refractivity (Wildman–Crippen MR) is 87.4 cm³/mol. The number of para-hydroxylation sites is 1. The average Bonchev–Trinajstić information content (AvgIpc) is 2.54. The highest BCUT2D eigenvalue weighted by molar-refractivity contribution is 5.85. The number of alkyl halides is 4. The second-order valence-corrected chi connectivity index (χ2v) is 5.59. The molecule has 1 saturated heterocycles. The van der Waals surface area contributed by atoms with E-state index in [9.17, 15) is 17.6 Å². The number of rotatable bonds is 7. The van der Waals surface area contributed by atoms with Crippen LogP contribution in [0.15, 0.2) is 24.3 Å². The summed E-state index contributed by atoms with van der Waals surface area (Å²) < 4.78 is 55.9. The second kappa shape index (κ2) is 9.44. The third-order valence-electron chi connectivity index (χ3n) is 3.93. The molecule has 2 rings (SSSR count). The molecule has 3 nitrogen and oxygen atoms in total. The Labute approximate surface area is 145 Å². The first kappa shape index (κ1) is 21.0. The van der Waals surface area contributed by atoms with Gasteiger partial charge in [-0.25, -0.2) is 0 Å². The molecule has 1 fully saturated rings. The van der Waals surface area contributed by atoms with Crippen LogP contribution in [0.4, 0.5) is 17.6 Å². The summed E-state index contributed by atoms with van der Waals surface area (Å²) in [5.41, 5.74) is 0.538. The molecule has 1 aliphatic rings. The highest BCUT2D eigenvalue weighted by atomic mass is 35.5. The SMILES string of the molecule is CCC[C@@H](c1ccccc1OC(F)(F)C(F)F)N1CCNCC1.Cl. The van der Waals surface area contributed by atoms with E-state index in [0.717, 1.165) is 39.0 Å². The van der Waals surface area contributed by atoms with Crippen LogP contribution in [-0.2, 0) is 0 Å². The fourth-order valence-corrected chi connectivity index (χ4v) is 2.84. The number of ether oxygens (including phenoxy) is 1. The van der Waals surface area contributed by atoms with Crippen LogP contribution in [0.5, 0.6) is 5.75 Å². The van der Waals surface area contributed by atoms with Gasteiger partial charge < -0.3 is 10.1 Å². The Morgan fingerprint density at radius 3 is 2.42 bits per heavy atom.